The van der Waals surface area contributed by atoms with Gasteiger partial charge in [-0.3, -0.25) is 4.79 Å². The van der Waals surface area contributed by atoms with E-state index in [0.717, 1.165) is 69.1 Å². The molecular weight excluding hydrogens is 412 g/mol. The van der Waals surface area contributed by atoms with Crippen LogP contribution in [0.3, 0.4) is 0 Å². The minimum absolute atomic E-state index is 0.0125. The first-order valence-electron chi connectivity index (χ1n) is 11.7. The molecule has 0 unspecified atom stereocenters. The fourth-order valence-corrected chi connectivity index (χ4v) is 5.06. The SMILES string of the molecule is C[C@H](O[C@H]1CCCCO1)C(C)(C)c1c[nH]c(NC(=O)C(C)(C)SCC[C@@H]2CCOC2)c1. The van der Waals surface area contributed by atoms with Gasteiger partial charge in [0, 0.05) is 31.4 Å². The van der Waals surface area contributed by atoms with Gasteiger partial charge in [-0.25, -0.2) is 0 Å². The molecule has 2 N–H and O–H groups in total. The molecule has 2 aliphatic heterocycles. The van der Waals surface area contributed by atoms with Gasteiger partial charge < -0.3 is 24.5 Å². The first kappa shape index (κ1) is 24.6. The Balaban J connectivity index is 1.51. The van der Waals surface area contributed by atoms with Gasteiger partial charge >= 0.3 is 0 Å². The van der Waals surface area contributed by atoms with Crippen LogP contribution in [0.15, 0.2) is 12.3 Å². The van der Waals surface area contributed by atoms with Crippen molar-refractivity contribution in [1.29, 1.82) is 0 Å². The summed E-state index contributed by atoms with van der Waals surface area (Å²) in [5.74, 6) is 2.36. The Bertz CT molecular complexity index is 706. The second-order valence-electron chi connectivity index (χ2n) is 9.93. The zero-order valence-electron chi connectivity index (χ0n) is 19.8. The molecule has 0 aliphatic carbocycles. The zero-order chi connectivity index (χ0) is 22.5. The van der Waals surface area contributed by atoms with Crippen LogP contribution in [0.25, 0.3) is 0 Å². The van der Waals surface area contributed by atoms with Crippen LogP contribution in [0, 0.1) is 5.92 Å². The Morgan fingerprint density at radius 2 is 2.10 bits per heavy atom. The molecule has 2 aliphatic rings. The third kappa shape index (κ3) is 6.73. The lowest BCUT2D eigenvalue weighted by molar-refractivity contribution is -0.195. The molecule has 0 bridgehead atoms. The molecule has 3 atom stereocenters. The predicted molar refractivity (Wildman–Crippen MR) is 127 cm³/mol. The number of carbonyl (C=O) groups excluding carboxylic acids is 1. The summed E-state index contributed by atoms with van der Waals surface area (Å²) in [4.78, 5) is 16.1. The maximum Gasteiger partial charge on any atom is 0.241 e. The van der Waals surface area contributed by atoms with Crippen LogP contribution >= 0.6 is 11.8 Å². The highest BCUT2D eigenvalue weighted by molar-refractivity contribution is 8.01. The Hall–Kier alpha value is -1.02. The Kier molecular flexibility index (Phi) is 8.52. The van der Waals surface area contributed by atoms with Crippen molar-refractivity contribution in [3.63, 3.8) is 0 Å². The summed E-state index contributed by atoms with van der Waals surface area (Å²) in [5.41, 5.74) is 0.895. The lowest BCUT2D eigenvalue weighted by Gasteiger charge is -2.35. The van der Waals surface area contributed by atoms with Gasteiger partial charge in [-0.05, 0) is 76.2 Å². The fraction of sp³-hybridized carbons (Fsp3) is 0.792. The number of nitrogens with one attached hydrogen (secondary N) is 2. The summed E-state index contributed by atoms with van der Waals surface area (Å²) in [7, 11) is 0. The van der Waals surface area contributed by atoms with E-state index in [1.807, 2.05) is 26.1 Å². The number of anilines is 1. The minimum atomic E-state index is -0.491. The van der Waals surface area contributed by atoms with Crippen LogP contribution in [0.5, 0.6) is 0 Å². The topological polar surface area (TPSA) is 72.6 Å². The van der Waals surface area contributed by atoms with Crippen LogP contribution in [0.1, 0.15) is 72.3 Å². The van der Waals surface area contributed by atoms with Crippen molar-refractivity contribution in [3.8, 4) is 0 Å². The van der Waals surface area contributed by atoms with E-state index in [1.54, 1.807) is 11.8 Å². The molecule has 0 spiro atoms. The lowest BCUT2D eigenvalue weighted by Crippen LogP contribution is -2.38. The molecular formula is C24H40N2O4S. The molecule has 176 valence electrons. The normalized spacial score (nSPS) is 23.6. The number of H-pyrrole nitrogens is 1. The fourth-order valence-electron chi connectivity index (χ4n) is 3.92. The first-order chi connectivity index (χ1) is 14.7. The van der Waals surface area contributed by atoms with Gasteiger partial charge in [-0.1, -0.05) is 13.8 Å². The molecule has 31 heavy (non-hydrogen) atoms. The zero-order valence-corrected chi connectivity index (χ0v) is 20.6. The van der Waals surface area contributed by atoms with E-state index in [1.165, 1.54) is 0 Å². The van der Waals surface area contributed by atoms with E-state index in [0.29, 0.717) is 5.92 Å². The predicted octanol–water partition coefficient (Wildman–Crippen LogP) is 5.10. The molecule has 1 aromatic rings. The highest BCUT2D eigenvalue weighted by Crippen LogP contribution is 2.33. The number of ether oxygens (including phenoxy) is 3. The van der Waals surface area contributed by atoms with Crippen molar-refractivity contribution < 1.29 is 19.0 Å². The van der Waals surface area contributed by atoms with Crippen LogP contribution in [-0.4, -0.2) is 53.6 Å². The van der Waals surface area contributed by atoms with Gasteiger partial charge in [0.1, 0.15) is 5.82 Å². The molecule has 0 aromatic carbocycles. The highest BCUT2D eigenvalue weighted by Gasteiger charge is 2.33. The molecule has 0 saturated carbocycles. The van der Waals surface area contributed by atoms with Crippen molar-refractivity contribution in [1.82, 2.24) is 4.98 Å². The van der Waals surface area contributed by atoms with Crippen molar-refractivity contribution in [2.75, 3.05) is 30.9 Å². The number of rotatable bonds is 10. The standard InChI is InChI=1S/C24H40N2O4S/c1-17(30-21-8-6-7-11-29-21)23(2,3)19-14-20(25-15-19)26-22(27)24(4,5)31-13-10-18-9-12-28-16-18/h14-15,17-18,21,25H,6-13,16H2,1-5H3,(H,26,27)/t17-,18-,21-/m0/s1. The average molecular weight is 453 g/mol. The van der Waals surface area contributed by atoms with Gasteiger partial charge in [0.15, 0.2) is 6.29 Å². The van der Waals surface area contributed by atoms with Crippen LogP contribution in [0.2, 0.25) is 0 Å². The summed E-state index contributed by atoms with van der Waals surface area (Å²) >= 11 is 1.71. The summed E-state index contributed by atoms with van der Waals surface area (Å²) < 4.78 is 16.9. The summed E-state index contributed by atoms with van der Waals surface area (Å²) in [6, 6.07) is 2.02. The molecule has 7 heteroatoms. The van der Waals surface area contributed by atoms with Crippen molar-refractivity contribution in [2.45, 2.75) is 89.3 Å². The Labute approximate surface area is 191 Å². The highest BCUT2D eigenvalue weighted by atomic mass is 32.2. The van der Waals surface area contributed by atoms with Gasteiger partial charge in [-0.15, -0.1) is 11.8 Å². The van der Waals surface area contributed by atoms with Gasteiger partial charge in [-0.2, -0.15) is 0 Å². The summed E-state index contributed by atoms with van der Waals surface area (Å²) in [6.45, 7) is 12.9. The molecule has 1 aromatic heterocycles. The van der Waals surface area contributed by atoms with E-state index in [4.69, 9.17) is 14.2 Å². The van der Waals surface area contributed by atoms with Gasteiger partial charge in [0.25, 0.3) is 0 Å². The number of aromatic amines is 1. The van der Waals surface area contributed by atoms with E-state index < -0.39 is 4.75 Å². The number of hydrogen-bond acceptors (Lipinski definition) is 5. The van der Waals surface area contributed by atoms with E-state index in [-0.39, 0.29) is 23.7 Å². The average Bonchev–Trinajstić information content (AvgIpc) is 3.41. The molecule has 3 heterocycles. The smallest absolute Gasteiger partial charge is 0.241 e. The largest absolute Gasteiger partial charge is 0.381 e. The Morgan fingerprint density at radius 1 is 1.29 bits per heavy atom. The Morgan fingerprint density at radius 3 is 2.77 bits per heavy atom. The minimum Gasteiger partial charge on any atom is -0.381 e. The maximum absolute atomic E-state index is 12.9. The molecule has 2 saturated heterocycles. The van der Waals surface area contributed by atoms with Gasteiger partial charge in [0.2, 0.25) is 5.91 Å². The maximum atomic E-state index is 12.9. The second kappa shape index (κ2) is 10.7. The summed E-state index contributed by atoms with van der Waals surface area (Å²) in [6.07, 6.45) is 7.31. The third-order valence-electron chi connectivity index (χ3n) is 6.75. The van der Waals surface area contributed by atoms with Crippen molar-refractivity contribution in [3.05, 3.63) is 17.8 Å². The molecule has 1 amide bonds. The number of aromatic nitrogens is 1. The van der Waals surface area contributed by atoms with Crippen molar-refractivity contribution >= 4 is 23.5 Å². The summed E-state index contributed by atoms with van der Waals surface area (Å²) in [5, 5.41) is 3.07. The van der Waals surface area contributed by atoms with Crippen LogP contribution in [0.4, 0.5) is 5.82 Å². The second-order valence-corrected chi connectivity index (χ2v) is 11.6. The van der Waals surface area contributed by atoms with Crippen molar-refractivity contribution in [2.24, 2.45) is 5.92 Å². The lowest BCUT2D eigenvalue weighted by atomic mass is 9.81. The molecule has 3 rings (SSSR count). The number of amides is 1. The van der Waals surface area contributed by atoms with Gasteiger partial charge in [0.05, 0.1) is 10.9 Å². The molecule has 2 fully saturated rings. The van der Waals surface area contributed by atoms with E-state index in [2.05, 4.69) is 31.1 Å². The monoisotopic (exact) mass is 452 g/mol. The quantitative estimate of drug-likeness (QED) is 0.517. The van der Waals surface area contributed by atoms with E-state index in [9.17, 15) is 4.79 Å². The molecule has 6 nitrogen and oxygen atoms in total. The number of carbonyl (C=O) groups is 1. The molecule has 0 radical (unpaired) electrons. The number of thioether (sulfide) groups is 1. The van der Waals surface area contributed by atoms with E-state index >= 15 is 0 Å². The first-order valence-corrected chi connectivity index (χ1v) is 12.7. The van der Waals surface area contributed by atoms with Crippen LogP contribution < -0.4 is 5.32 Å². The third-order valence-corrected chi connectivity index (χ3v) is 8.09. The van der Waals surface area contributed by atoms with Crippen LogP contribution in [-0.2, 0) is 24.4 Å². The number of hydrogen-bond donors (Lipinski definition) is 2.